The Morgan fingerprint density at radius 1 is 0.296 bits per heavy atom. The van der Waals surface area contributed by atoms with Crippen LogP contribution in [0.1, 0.15) is 0 Å². The zero-order chi connectivity index (χ0) is 35.8. The summed E-state index contributed by atoms with van der Waals surface area (Å²) >= 11 is 0. The van der Waals surface area contributed by atoms with E-state index in [0.29, 0.717) is 0 Å². The van der Waals surface area contributed by atoms with E-state index in [1.54, 1.807) is 0 Å². The number of para-hydroxylation sites is 2. The molecule has 0 saturated heterocycles. The number of benzene rings is 9. The van der Waals surface area contributed by atoms with E-state index in [4.69, 9.17) is 4.42 Å². The van der Waals surface area contributed by atoms with Gasteiger partial charge < -0.3 is 9.32 Å². The van der Waals surface area contributed by atoms with Gasteiger partial charge in [0.2, 0.25) is 0 Å². The number of hydrogen-bond donors (Lipinski definition) is 0. The molecule has 0 radical (unpaired) electrons. The Morgan fingerprint density at radius 3 is 1.52 bits per heavy atom. The zero-order valence-corrected chi connectivity index (χ0v) is 29.6. The largest absolute Gasteiger partial charge is 0.456 e. The molecule has 10 aromatic rings. The molecule has 0 aliphatic rings. The van der Waals surface area contributed by atoms with Crippen LogP contribution in [0, 0.1) is 0 Å². The van der Waals surface area contributed by atoms with E-state index in [-0.39, 0.29) is 0 Å². The molecule has 0 amide bonds. The molecule has 9 aromatic carbocycles. The maximum absolute atomic E-state index is 6.25. The smallest absolute Gasteiger partial charge is 0.136 e. The van der Waals surface area contributed by atoms with Crippen molar-refractivity contribution in [2.75, 3.05) is 4.90 Å². The van der Waals surface area contributed by atoms with Crippen LogP contribution in [0.2, 0.25) is 0 Å². The van der Waals surface area contributed by atoms with Gasteiger partial charge in [0.25, 0.3) is 0 Å². The van der Waals surface area contributed by atoms with Gasteiger partial charge in [-0.2, -0.15) is 0 Å². The Balaban J connectivity index is 0.932. The minimum absolute atomic E-state index is 0.881. The van der Waals surface area contributed by atoms with Gasteiger partial charge in [-0.3, -0.25) is 0 Å². The summed E-state index contributed by atoms with van der Waals surface area (Å²) in [6, 6.07) is 75.8. The van der Waals surface area contributed by atoms with E-state index in [9.17, 15) is 0 Å². The molecule has 2 nitrogen and oxygen atoms in total. The minimum Gasteiger partial charge on any atom is -0.456 e. The molecule has 0 fully saturated rings. The fraction of sp³-hybridized carbons (Fsp3) is 0. The van der Waals surface area contributed by atoms with E-state index in [0.717, 1.165) is 50.5 Å². The molecular weight excluding hydrogens is 655 g/mol. The van der Waals surface area contributed by atoms with Crippen molar-refractivity contribution in [1.29, 1.82) is 0 Å². The van der Waals surface area contributed by atoms with Crippen LogP contribution < -0.4 is 4.90 Å². The second-order valence-corrected chi connectivity index (χ2v) is 13.8. The molecule has 0 atom stereocenters. The molecule has 54 heavy (non-hydrogen) atoms. The van der Waals surface area contributed by atoms with Gasteiger partial charge in [0.05, 0.1) is 0 Å². The van der Waals surface area contributed by atoms with Crippen molar-refractivity contribution in [2.45, 2.75) is 0 Å². The first kappa shape index (κ1) is 31.6. The van der Waals surface area contributed by atoms with Crippen LogP contribution in [0.25, 0.3) is 77.2 Å². The van der Waals surface area contributed by atoms with Crippen molar-refractivity contribution in [1.82, 2.24) is 0 Å². The third-order valence-electron chi connectivity index (χ3n) is 10.5. The number of furan rings is 1. The molecule has 0 N–H and O–H groups in total. The zero-order valence-electron chi connectivity index (χ0n) is 29.6. The maximum atomic E-state index is 6.25. The van der Waals surface area contributed by atoms with Gasteiger partial charge in [-0.15, -0.1) is 0 Å². The summed E-state index contributed by atoms with van der Waals surface area (Å²) in [7, 11) is 0. The Morgan fingerprint density at radius 2 is 0.796 bits per heavy atom. The van der Waals surface area contributed by atoms with E-state index in [2.05, 4.69) is 199 Å². The molecule has 2 heteroatoms. The predicted molar refractivity (Wildman–Crippen MR) is 228 cm³/mol. The first-order valence-electron chi connectivity index (χ1n) is 18.4. The second kappa shape index (κ2) is 13.4. The van der Waals surface area contributed by atoms with Crippen molar-refractivity contribution in [3.8, 4) is 44.7 Å². The van der Waals surface area contributed by atoms with Crippen molar-refractivity contribution in [2.24, 2.45) is 0 Å². The van der Waals surface area contributed by atoms with Crippen LogP contribution in [-0.2, 0) is 0 Å². The van der Waals surface area contributed by atoms with Gasteiger partial charge in [-0.25, -0.2) is 0 Å². The lowest BCUT2D eigenvalue weighted by molar-refractivity contribution is 0.632. The fourth-order valence-corrected chi connectivity index (χ4v) is 7.73. The summed E-state index contributed by atoms with van der Waals surface area (Å²) in [6.07, 6.45) is 0. The highest BCUT2D eigenvalue weighted by atomic mass is 16.3. The summed E-state index contributed by atoms with van der Waals surface area (Å²) in [5.74, 6) is 0.881. The molecule has 0 saturated carbocycles. The normalized spacial score (nSPS) is 11.3. The lowest BCUT2D eigenvalue weighted by Crippen LogP contribution is -2.09. The number of rotatable bonds is 7. The average Bonchev–Trinajstić information content (AvgIpc) is 3.69. The molecule has 1 heterocycles. The van der Waals surface area contributed by atoms with Crippen molar-refractivity contribution < 1.29 is 4.42 Å². The highest BCUT2D eigenvalue weighted by Crippen LogP contribution is 2.39. The Bertz CT molecular complexity index is 2870. The quantitative estimate of drug-likeness (QED) is 0.155. The summed E-state index contributed by atoms with van der Waals surface area (Å²) in [6.45, 7) is 0. The molecule has 0 aliphatic heterocycles. The van der Waals surface area contributed by atoms with Crippen LogP contribution in [-0.4, -0.2) is 0 Å². The molecule has 1 aromatic heterocycles. The topological polar surface area (TPSA) is 16.4 Å². The highest BCUT2D eigenvalue weighted by molar-refractivity contribution is 6.08. The van der Waals surface area contributed by atoms with E-state index < -0.39 is 0 Å². The predicted octanol–water partition coefficient (Wildman–Crippen LogP) is 14.9. The summed E-state index contributed by atoms with van der Waals surface area (Å²) in [5.41, 5.74) is 12.4. The fourth-order valence-electron chi connectivity index (χ4n) is 7.73. The first-order chi connectivity index (χ1) is 26.7. The first-order valence-corrected chi connectivity index (χ1v) is 18.4. The van der Waals surface area contributed by atoms with Crippen LogP contribution in [0.3, 0.4) is 0 Å². The van der Waals surface area contributed by atoms with E-state index in [1.807, 2.05) is 18.2 Å². The lowest BCUT2D eigenvalue weighted by Gasteiger charge is -2.26. The minimum atomic E-state index is 0.881. The summed E-state index contributed by atoms with van der Waals surface area (Å²) < 4.78 is 6.25. The molecule has 0 bridgehead atoms. The Hall–Kier alpha value is -7.16. The Kier molecular flexibility index (Phi) is 7.85. The Labute approximate surface area is 314 Å². The lowest BCUT2D eigenvalue weighted by atomic mass is 9.96. The van der Waals surface area contributed by atoms with Crippen molar-refractivity contribution in [3.63, 3.8) is 0 Å². The van der Waals surface area contributed by atoms with Gasteiger partial charge in [-0.1, -0.05) is 158 Å². The van der Waals surface area contributed by atoms with Crippen LogP contribution in [0.15, 0.2) is 217 Å². The standard InChI is InChI=1S/C52H35NO/c1-2-12-44(13-3-1)53(46-31-26-38(27-32-46)41-28-33-49-42(34-41)23-22-39-10-4-6-14-47(39)49)45-29-24-37(25-30-45)36-18-20-40(21-19-36)48-15-7-8-16-50(48)52-35-43-11-5-9-17-51(43)54-52/h1-35H. The molecule has 0 aliphatic carbocycles. The van der Waals surface area contributed by atoms with Gasteiger partial charge in [0, 0.05) is 28.0 Å². The van der Waals surface area contributed by atoms with E-state index in [1.165, 1.54) is 43.8 Å². The molecule has 254 valence electrons. The highest BCUT2D eigenvalue weighted by Gasteiger charge is 2.15. The number of fused-ring (bicyclic) bond motifs is 4. The molecule has 0 spiro atoms. The third kappa shape index (κ3) is 5.81. The van der Waals surface area contributed by atoms with Gasteiger partial charge >= 0.3 is 0 Å². The van der Waals surface area contributed by atoms with E-state index >= 15 is 0 Å². The van der Waals surface area contributed by atoms with Crippen LogP contribution in [0.5, 0.6) is 0 Å². The van der Waals surface area contributed by atoms with Crippen molar-refractivity contribution >= 4 is 49.6 Å². The second-order valence-electron chi connectivity index (χ2n) is 13.8. The van der Waals surface area contributed by atoms with Gasteiger partial charge in [0.15, 0.2) is 0 Å². The number of hydrogen-bond acceptors (Lipinski definition) is 2. The maximum Gasteiger partial charge on any atom is 0.136 e. The van der Waals surface area contributed by atoms with Gasteiger partial charge in [0.1, 0.15) is 11.3 Å². The molecular formula is C52H35NO. The van der Waals surface area contributed by atoms with Crippen molar-refractivity contribution in [3.05, 3.63) is 212 Å². The molecule has 0 unspecified atom stereocenters. The monoisotopic (exact) mass is 689 g/mol. The summed E-state index contributed by atoms with van der Waals surface area (Å²) in [4.78, 5) is 2.32. The number of anilines is 3. The average molecular weight is 690 g/mol. The van der Waals surface area contributed by atoms with Gasteiger partial charge in [-0.05, 0) is 110 Å². The number of nitrogens with zero attached hydrogens (tertiary/aromatic N) is 1. The van der Waals surface area contributed by atoms with Crippen LogP contribution in [0.4, 0.5) is 17.1 Å². The molecule has 10 rings (SSSR count). The third-order valence-corrected chi connectivity index (χ3v) is 10.5. The van der Waals surface area contributed by atoms with Crippen LogP contribution >= 0.6 is 0 Å². The summed E-state index contributed by atoms with van der Waals surface area (Å²) in [5, 5.41) is 6.21. The SMILES string of the molecule is c1ccc(N(c2ccc(-c3ccc(-c4ccccc4-c4cc5ccccc5o4)cc3)cc2)c2ccc(-c3ccc4c(ccc5ccccc54)c3)cc2)cc1.